The van der Waals surface area contributed by atoms with Gasteiger partial charge in [-0.25, -0.2) is 0 Å². The van der Waals surface area contributed by atoms with Gasteiger partial charge in [-0.2, -0.15) is 4.98 Å². The topological polar surface area (TPSA) is 89.1 Å². The van der Waals surface area contributed by atoms with E-state index in [1.54, 1.807) is 24.6 Å². The van der Waals surface area contributed by atoms with E-state index in [0.717, 1.165) is 6.29 Å². The maximum Gasteiger partial charge on any atom is 2.00 e. The van der Waals surface area contributed by atoms with Gasteiger partial charge in [0.1, 0.15) is 12.2 Å². The van der Waals surface area contributed by atoms with Crippen LogP contribution >= 0.6 is 11.6 Å². The fourth-order valence-corrected chi connectivity index (χ4v) is 2.48. The van der Waals surface area contributed by atoms with E-state index in [-0.39, 0.29) is 33.5 Å². The molecule has 8 nitrogen and oxygen atoms in total. The van der Waals surface area contributed by atoms with Gasteiger partial charge in [0.2, 0.25) is 17.7 Å². The summed E-state index contributed by atoms with van der Waals surface area (Å²) in [6.45, 7) is 14.3. The second-order valence-electron chi connectivity index (χ2n) is 5.34. The number of aromatic nitrogens is 4. The molecule has 27 heavy (non-hydrogen) atoms. The van der Waals surface area contributed by atoms with Crippen LogP contribution in [0.25, 0.3) is 5.57 Å². The predicted octanol–water partition coefficient (Wildman–Crippen LogP) is 2.80. The van der Waals surface area contributed by atoms with Crippen LogP contribution < -0.4 is 10.2 Å². The summed E-state index contributed by atoms with van der Waals surface area (Å²) < 4.78 is 7.31. The largest absolute Gasteiger partial charge is 2.00 e. The van der Waals surface area contributed by atoms with E-state index in [1.807, 2.05) is 4.90 Å². The van der Waals surface area contributed by atoms with Gasteiger partial charge in [-0.15, -0.1) is 23.3 Å². The van der Waals surface area contributed by atoms with Crippen LogP contribution in [-0.2, 0) is 27.6 Å². The van der Waals surface area contributed by atoms with Crippen molar-refractivity contribution in [3.8, 4) is 0 Å². The number of aldehydes is 1. The van der Waals surface area contributed by atoms with E-state index in [9.17, 15) is 4.79 Å². The van der Waals surface area contributed by atoms with Crippen molar-refractivity contribution in [1.29, 1.82) is 0 Å². The summed E-state index contributed by atoms with van der Waals surface area (Å²) >= 11 is 5.84. The fourth-order valence-electron chi connectivity index (χ4n) is 2.35. The third-order valence-corrected chi connectivity index (χ3v) is 3.67. The molecule has 0 bridgehead atoms. The number of carbonyl (C=O) groups is 1. The zero-order valence-corrected chi connectivity index (χ0v) is 18.9. The molecule has 0 fully saturated rings. The van der Waals surface area contributed by atoms with Gasteiger partial charge in [0.15, 0.2) is 12.1 Å². The van der Waals surface area contributed by atoms with E-state index in [4.69, 9.17) is 16.0 Å². The standard InChI is InChI=1S/C17H21ClN6O2.W/c1-6-23(7-2)17-20-15(19-5)13(10-25)24(17)9-14-21-22-16(26-14)11(3)8-12(4)18;/h8,10,19H,1-3,6-7,9H2,4-5H3;/q-2;+2/b12-8+;. The Bertz CT molecular complexity index is 822. The first-order chi connectivity index (χ1) is 12.4. The first kappa shape index (κ1) is 23.1. The molecule has 0 atom stereocenters. The molecule has 0 aliphatic rings. The summed E-state index contributed by atoms with van der Waals surface area (Å²) in [6.07, 6.45) is 2.35. The smallest absolute Gasteiger partial charge is 0.419 e. The minimum absolute atomic E-state index is 0. The molecule has 0 radical (unpaired) electrons. The third kappa shape index (κ3) is 5.30. The molecule has 0 aliphatic carbocycles. The molecular formula is C17H21ClN6O2W. The fraction of sp³-hybridized carbons (Fsp3) is 0.294. The molecule has 0 saturated heterocycles. The first-order valence-corrected chi connectivity index (χ1v) is 8.25. The van der Waals surface area contributed by atoms with E-state index in [2.05, 4.69) is 40.9 Å². The molecule has 2 aromatic rings. The normalized spacial score (nSPS) is 11.1. The quantitative estimate of drug-likeness (QED) is 0.287. The Balaban J connectivity index is 0.00000364. The number of carbonyl (C=O) groups excluding carboxylic acids is 1. The minimum Gasteiger partial charge on any atom is -0.419 e. The van der Waals surface area contributed by atoms with Crippen LogP contribution in [0.3, 0.4) is 0 Å². The van der Waals surface area contributed by atoms with Gasteiger partial charge in [-0.05, 0) is 13.0 Å². The van der Waals surface area contributed by atoms with Crippen LogP contribution in [-0.4, -0.2) is 46.2 Å². The van der Waals surface area contributed by atoms with Crippen molar-refractivity contribution in [2.45, 2.75) is 13.5 Å². The molecular weight excluding hydrogens is 540 g/mol. The molecule has 2 rings (SSSR count). The summed E-state index contributed by atoms with van der Waals surface area (Å²) in [4.78, 5) is 17.9. The van der Waals surface area contributed by atoms with E-state index < -0.39 is 0 Å². The number of anilines is 2. The van der Waals surface area contributed by atoms with E-state index in [1.165, 1.54) is 0 Å². The van der Waals surface area contributed by atoms with Crippen LogP contribution in [0.1, 0.15) is 29.2 Å². The Labute approximate surface area is 177 Å². The first-order valence-electron chi connectivity index (χ1n) is 7.87. The monoisotopic (exact) mass is 560 g/mol. The number of nitrogens with one attached hydrogen (secondary N) is 1. The predicted molar refractivity (Wildman–Crippen MR) is 102 cm³/mol. The number of imidazole rings is 1. The Kier molecular flexibility index (Phi) is 8.92. The van der Waals surface area contributed by atoms with Crippen molar-refractivity contribution in [3.63, 3.8) is 0 Å². The van der Waals surface area contributed by atoms with Crippen molar-refractivity contribution in [2.24, 2.45) is 0 Å². The number of hydrogen-bond acceptors (Lipinski definition) is 7. The molecule has 0 unspecified atom stereocenters. The zero-order chi connectivity index (χ0) is 19.3. The van der Waals surface area contributed by atoms with Crippen LogP contribution in [0.5, 0.6) is 0 Å². The molecule has 1 N–H and O–H groups in total. The molecule has 0 aromatic carbocycles. The average molecular weight is 561 g/mol. The second-order valence-corrected chi connectivity index (χ2v) is 5.94. The van der Waals surface area contributed by atoms with Crippen LogP contribution in [0.2, 0.25) is 0 Å². The third-order valence-electron chi connectivity index (χ3n) is 3.57. The molecule has 0 saturated carbocycles. The van der Waals surface area contributed by atoms with Gasteiger partial charge in [0, 0.05) is 17.7 Å². The summed E-state index contributed by atoms with van der Waals surface area (Å²) in [5.74, 6) is 1.55. The Morgan fingerprint density at radius 3 is 2.59 bits per heavy atom. The summed E-state index contributed by atoms with van der Waals surface area (Å²) in [5.41, 5.74) is 0.871. The molecule has 0 spiro atoms. The molecule has 10 heteroatoms. The van der Waals surface area contributed by atoms with E-state index >= 15 is 0 Å². The Morgan fingerprint density at radius 1 is 1.41 bits per heavy atom. The maximum atomic E-state index is 11.6. The molecule has 2 aromatic heterocycles. The van der Waals surface area contributed by atoms with Crippen LogP contribution in [0.15, 0.2) is 22.1 Å². The van der Waals surface area contributed by atoms with Gasteiger partial charge in [-0.1, -0.05) is 18.2 Å². The van der Waals surface area contributed by atoms with Crippen molar-refractivity contribution in [1.82, 2.24) is 19.7 Å². The summed E-state index contributed by atoms with van der Waals surface area (Å²) in [7, 11) is 1.69. The van der Waals surface area contributed by atoms with Gasteiger partial charge in [0.05, 0.1) is 0 Å². The molecule has 0 amide bonds. The number of hydrogen-bond donors (Lipinski definition) is 1. The average Bonchev–Trinajstić information content (AvgIpc) is 3.21. The van der Waals surface area contributed by atoms with Gasteiger partial charge < -0.3 is 28.5 Å². The van der Waals surface area contributed by atoms with Crippen LogP contribution in [0.4, 0.5) is 11.8 Å². The number of allylic oxidation sites excluding steroid dienone is 3. The number of nitrogens with zero attached hydrogens (tertiary/aromatic N) is 5. The minimum atomic E-state index is 0. The number of rotatable bonds is 9. The van der Waals surface area contributed by atoms with Gasteiger partial charge in [-0.3, -0.25) is 9.36 Å². The summed E-state index contributed by atoms with van der Waals surface area (Å²) in [5, 5.41) is 11.4. The van der Waals surface area contributed by atoms with Crippen LogP contribution in [0, 0.1) is 13.8 Å². The number of halogens is 1. The maximum absolute atomic E-state index is 11.6. The summed E-state index contributed by atoms with van der Waals surface area (Å²) in [6, 6.07) is 0. The SMILES string of the molecule is C=C(/C=C(\C)Cl)c1nnc(Cn2c(N(C[CH2-])C[CH2-])nc(NC)c2C=O)o1.[W+2]. The van der Waals surface area contributed by atoms with Gasteiger partial charge >= 0.3 is 21.1 Å². The second kappa shape index (κ2) is 10.4. The van der Waals surface area contributed by atoms with Crippen molar-refractivity contribution in [3.05, 3.63) is 49.0 Å². The molecule has 144 valence electrons. The Hall–Kier alpha value is -1.92. The Morgan fingerprint density at radius 2 is 2.07 bits per heavy atom. The zero-order valence-electron chi connectivity index (χ0n) is 15.2. The van der Waals surface area contributed by atoms with Crippen molar-refractivity contribution >= 4 is 35.2 Å². The van der Waals surface area contributed by atoms with Gasteiger partial charge in [0.25, 0.3) is 0 Å². The van der Waals surface area contributed by atoms with E-state index in [0.29, 0.717) is 47.0 Å². The molecule has 2 heterocycles. The molecule has 0 aliphatic heterocycles. The van der Waals surface area contributed by atoms with Crippen molar-refractivity contribution < 1.29 is 30.3 Å². The van der Waals surface area contributed by atoms with Crippen molar-refractivity contribution in [2.75, 3.05) is 30.4 Å².